The second-order valence-electron chi connectivity index (χ2n) is 6.42. The van der Waals surface area contributed by atoms with Gasteiger partial charge in [0.15, 0.2) is 5.79 Å². The van der Waals surface area contributed by atoms with E-state index < -0.39 is 5.79 Å². The first-order valence-corrected chi connectivity index (χ1v) is 8.71. The SMILES string of the molecule is CCCOc1cccc(C(CN)C2CCC(OC)(OC)CC2)c1. The molecule has 1 aliphatic carbocycles. The molecule has 1 aromatic carbocycles. The first-order chi connectivity index (χ1) is 11.2. The molecule has 0 amide bonds. The van der Waals surface area contributed by atoms with Crippen molar-refractivity contribution in [3.63, 3.8) is 0 Å². The molecule has 0 bridgehead atoms. The van der Waals surface area contributed by atoms with Gasteiger partial charge in [0.05, 0.1) is 6.61 Å². The number of methoxy groups -OCH3 is 2. The van der Waals surface area contributed by atoms with E-state index >= 15 is 0 Å². The van der Waals surface area contributed by atoms with Gasteiger partial charge in [-0.05, 0) is 55.3 Å². The topological polar surface area (TPSA) is 53.7 Å². The van der Waals surface area contributed by atoms with Crippen LogP contribution in [0.1, 0.15) is 50.5 Å². The largest absolute Gasteiger partial charge is 0.494 e. The molecule has 1 atom stereocenters. The molecule has 130 valence electrons. The maximum absolute atomic E-state index is 6.12. The molecule has 4 heteroatoms. The van der Waals surface area contributed by atoms with Crippen LogP contribution < -0.4 is 10.5 Å². The summed E-state index contributed by atoms with van der Waals surface area (Å²) in [6, 6.07) is 8.42. The highest BCUT2D eigenvalue weighted by Crippen LogP contribution is 2.41. The molecule has 2 N–H and O–H groups in total. The number of hydrogen-bond donors (Lipinski definition) is 1. The number of hydrogen-bond acceptors (Lipinski definition) is 4. The Morgan fingerprint density at radius 1 is 1.22 bits per heavy atom. The van der Waals surface area contributed by atoms with Gasteiger partial charge in [-0.2, -0.15) is 0 Å². The molecule has 0 aromatic heterocycles. The number of benzene rings is 1. The third-order valence-corrected chi connectivity index (χ3v) is 5.12. The summed E-state index contributed by atoms with van der Waals surface area (Å²) in [4.78, 5) is 0. The van der Waals surface area contributed by atoms with E-state index in [4.69, 9.17) is 19.9 Å². The minimum absolute atomic E-state index is 0.367. The van der Waals surface area contributed by atoms with E-state index in [1.54, 1.807) is 14.2 Å². The van der Waals surface area contributed by atoms with Crippen LogP contribution in [0.15, 0.2) is 24.3 Å². The third-order valence-electron chi connectivity index (χ3n) is 5.12. The molecule has 0 saturated heterocycles. The molecule has 0 radical (unpaired) electrons. The van der Waals surface area contributed by atoms with Crippen LogP contribution in [0.25, 0.3) is 0 Å². The van der Waals surface area contributed by atoms with Gasteiger partial charge >= 0.3 is 0 Å². The van der Waals surface area contributed by atoms with Gasteiger partial charge in [-0.15, -0.1) is 0 Å². The van der Waals surface area contributed by atoms with E-state index in [9.17, 15) is 0 Å². The molecule has 1 fully saturated rings. The Kier molecular flexibility index (Phi) is 6.88. The molecule has 0 heterocycles. The molecule has 2 rings (SSSR count). The summed E-state index contributed by atoms with van der Waals surface area (Å²) >= 11 is 0. The van der Waals surface area contributed by atoms with Gasteiger partial charge in [0, 0.05) is 27.1 Å². The van der Waals surface area contributed by atoms with Crippen LogP contribution in [0, 0.1) is 5.92 Å². The van der Waals surface area contributed by atoms with Crippen molar-refractivity contribution >= 4 is 0 Å². The maximum atomic E-state index is 6.12. The zero-order valence-electron chi connectivity index (χ0n) is 14.7. The van der Waals surface area contributed by atoms with Gasteiger partial charge in [0.25, 0.3) is 0 Å². The Balaban J connectivity index is 2.06. The fraction of sp³-hybridized carbons (Fsp3) is 0.684. The molecule has 1 aromatic rings. The van der Waals surface area contributed by atoms with Gasteiger partial charge in [0.1, 0.15) is 5.75 Å². The number of nitrogens with two attached hydrogens (primary N) is 1. The van der Waals surface area contributed by atoms with Crippen molar-refractivity contribution in [2.24, 2.45) is 11.7 Å². The van der Waals surface area contributed by atoms with E-state index in [1.807, 2.05) is 6.07 Å². The Hall–Kier alpha value is -1.10. The van der Waals surface area contributed by atoms with Crippen molar-refractivity contribution in [2.75, 3.05) is 27.4 Å². The van der Waals surface area contributed by atoms with Gasteiger partial charge in [-0.1, -0.05) is 19.1 Å². The Labute approximate surface area is 140 Å². The third kappa shape index (κ3) is 4.46. The van der Waals surface area contributed by atoms with Crippen molar-refractivity contribution in [1.29, 1.82) is 0 Å². The highest BCUT2D eigenvalue weighted by Gasteiger charge is 2.37. The molecular weight excluding hydrogens is 290 g/mol. The van der Waals surface area contributed by atoms with Crippen LogP contribution in [-0.4, -0.2) is 33.2 Å². The summed E-state index contributed by atoms with van der Waals surface area (Å²) in [7, 11) is 3.47. The van der Waals surface area contributed by atoms with E-state index in [2.05, 4.69) is 25.1 Å². The normalized spacial score (nSPS) is 19.5. The smallest absolute Gasteiger partial charge is 0.167 e. The first kappa shape index (κ1) is 18.2. The molecule has 0 aliphatic heterocycles. The van der Waals surface area contributed by atoms with Crippen molar-refractivity contribution in [2.45, 2.75) is 50.7 Å². The summed E-state index contributed by atoms with van der Waals surface area (Å²) in [6.07, 6.45) is 5.01. The van der Waals surface area contributed by atoms with Crippen LogP contribution in [-0.2, 0) is 9.47 Å². The number of rotatable bonds is 8. The zero-order valence-corrected chi connectivity index (χ0v) is 14.7. The Morgan fingerprint density at radius 3 is 2.48 bits per heavy atom. The number of ether oxygens (including phenoxy) is 3. The van der Waals surface area contributed by atoms with Crippen LogP contribution >= 0.6 is 0 Å². The highest BCUT2D eigenvalue weighted by molar-refractivity contribution is 5.31. The van der Waals surface area contributed by atoms with Crippen molar-refractivity contribution in [3.8, 4) is 5.75 Å². The van der Waals surface area contributed by atoms with Gasteiger partial charge < -0.3 is 19.9 Å². The van der Waals surface area contributed by atoms with E-state index in [0.29, 0.717) is 18.4 Å². The van der Waals surface area contributed by atoms with Crippen molar-refractivity contribution < 1.29 is 14.2 Å². The standard InChI is InChI=1S/C19H31NO3/c1-4-12-23-17-7-5-6-16(13-17)18(14-20)15-8-10-19(21-2,22-3)11-9-15/h5-7,13,15,18H,4,8-12,14,20H2,1-3H3. The van der Waals surface area contributed by atoms with E-state index in [-0.39, 0.29) is 0 Å². The average Bonchev–Trinajstić information content (AvgIpc) is 2.62. The minimum Gasteiger partial charge on any atom is -0.494 e. The lowest BCUT2D eigenvalue weighted by Crippen LogP contribution is -2.39. The average molecular weight is 321 g/mol. The molecule has 4 nitrogen and oxygen atoms in total. The van der Waals surface area contributed by atoms with Gasteiger partial charge in [-0.25, -0.2) is 0 Å². The fourth-order valence-electron chi connectivity index (χ4n) is 3.63. The fourth-order valence-corrected chi connectivity index (χ4v) is 3.63. The predicted octanol–water partition coefficient (Wildman–Crippen LogP) is 3.70. The van der Waals surface area contributed by atoms with Crippen molar-refractivity contribution in [3.05, 3.63) is 29.8 Å². The molecule has 23 heavy (non-hydrogen) atoms. The van der Waals surface area contributed by atoms with Gasteiger partial charge in [-0.3, -0.25) is 0 Å². The Bertz CT molecular complexity index is 463. The lowest BCUT2D eigenvalue weighted by atomic mass is 9.75. The maximum Gasteiger partial charge on any atom is 0.167 e. The summed E-state index contributed by atoms with van der Waals surface area (Å²) < 4.78 is 16.9. The van der Waals surface area contributed by atoms with Crippen LogP contribution in [0.5, 0.6) is 5.75 Å². The molecule has 1 aliphatic rings. The summed E-state index contributed by atoms with van der Waals surface area (Å²) in [5, 5.41) is 0. The van der Waals surface area contributed by atoms with E-state index in [1.165, 1.54) is 5.56 Å². The monoisotopic (exact) mass is 321 g/mol. The second kappa shape index (κ2) is 8.67. The molecule has 0 spiro atoms. The highest BCUT2D eigenvalue weighted by atomic mass is 16.7. The lowest BCUT2D eigenvalue weighted by Gasteiger charge is -2.40. The molecular formula is C19H31NO3. The zero-order chi connectivity index (χ0) is 16.7. The van der Waals surface area contributed by atoms with Crippen LogP contribution in [0.2, 0.25) is 0 Å². The first-order valence-electron chi connectivity index (χ1n) is 8.71. The van der Waals surface area contributed by atoms with Crippen molar-refractivity contribution in [1.82, 2.24) is 0 Å². The second-order valence-corrected chi connectivity index (χ2v) is 6.42. The van der Waals surface area contributed by atoms with Crippen LogP contribution in [0.3, 0.4) is 0 Å². The minimum atomic E-state index is -0.401. The van der Waals surface area contributed by atoms with E-state index in [0.717, 1.165) is 44.5 Å². The predicted molar refractivity (Wildman–Crippen MR) is 92.7 cm³/mol. The quantitative estimate of drug-likeness (QED) is 0.742. The van der Waals surface area contributed by atoms with Crippen LogP contribution in [0.4, 0.5) is 0 Å². The molecule has 1 saturated carbocycles. The summed E-state index contributed by atoms with van der Waals surface area (Å²) in [5.41, 5.74) is 7.40. The van der Waals surface area contributed by atoms with Gasteiger partial charge in [0.2, 0.25) is 0 Å². The molecule has 1 unspecified atom stereocenters. The summed E-state index contributed by atoms with van der Waals surface area (Å²) in [5.74, 6) is 1.48. The summed E-state index contributed by atoms with van der Waals surface area (Å²) in [6.45, 7) is 3.53. The lowest BCUT2D eigenvalue weighted by molar-refractivity contribution is -0.228. The Morgan fingerprint density at radius 2 is 1.91 bits per heavy atom.